The Labute approximate surface area is 114 Å². The van der Waals surface area contributed by atoms with Gasteiger partial charge in [-0.2, -0.15) is 5.10 Å². The Bertz CT molecular complexity index is 406. The van der Waals surface area contributed by atoms with Gasteiger partial charge in [0.2, 0.25) is 5.78 Å². The molecule has 0 aliphatic rings. The minimum atomic E-state index is -0.527. The molecule has 1 atom stereocenters. The summed E-state index contributed by atoms with van der Waals surface area (Å²) < 4.78 is 1.56. The van der Waals surface area contributed by atoms with Crippen LogP contribution in [0.25, 0.3) is 0 Å². The van der Waals surface area contributed by atoms with Crippen LogP contribution in [0.15, 0.2) is 6.20 Å². The van der Waals surface area contributed by atoms with Gasteiger partial charge in [0.05, 0.1) is 16.8 Å². The number of likely N-dealkylation sites (N-methyl/N-ethyl adjacent to an activating group) is 1. The third kappa shape index (κ3) is 2.45. The molecule has 1 rings (SSSR count). The summed E-state index contributed by atoms with van der Waals surface area (Å²) >= 11 is 6.07. The van der Waals surface area contributed by atoms with E-state index in [-0.39, 0.29) is 5.78 Å². The Morgan fingerprint density at radius 1 is 1.44 bits per heavy atom. The Hall–Kier alpha value is -0.870. The predicted molar refractivity (Wildman–Crippen MR) is 74.2 cm³/mol. The standard InChI is InChI=1S/C13H22ClN3O/c1-6-13(4,17(7-2)8-3)12(18)11-10(14)9-15-16(11)5/h9H,6-8H2,1-5H3. The van der Waals surface area contributed by atoms with Crippen molar-refractivity contribution in [3.8, 4) is 0 Å². The van der Waals surface area contributed by atoms with Gasteiger partial charge >= 0.3 is 0 Å². The van der Waals surface area contributed by atoms with Gasteiger partial charge < -0.3 is 0 Å². The fourth-order valence-electron chi connectivity index (χ4n) is 2.37. The van der Waals surface area contributed by atoms with Crippen molar-refractivity contribution in [3.63, 3.8) is 0 Å². The van der Waals surface area contributed by atoms with Crippen molar-refractivity contribution in [3.05, 3.63) is 16.9 Å². The summed E-state index contributed by atoms with van der Waals surface area (Å²) in [5, 5.41) is 4.47. The molecule has 4 nitrogen and oxygen atoms in total. The molecule has 0 radical (unpaired) electrons. The summed E-state index contributed by atoms with van der Waals surface area (Å²) in [5.74, 6) is 0.0405. The van der Waals surface area contributed by atoms with Gasteiger partial charge in [0.25, 0.3) is 0 Å². The highest BCUT2D eigenvalue weighted by atomic mass is 35.5. The van der Waals surface area contributed by atoms with E-state index < -0.39 is 5.54 Å². The fraction of sp³-hybridized carbons (Fsp3) is 0.692. The molecule has 5 heteroatoms. The molecule has 0 amide bonds. The molecular weight excluding hydrogens is 250 g/mol. The first-order chi connectivity index (χ1) is 8.42. The number of carbonyl (C=O) groups excluding carboxylic acids is 1. The Balaban J connectivity index is 3.21. The van der Waals surface area contributed by atoms with Crippen LogP contribution in [0.1, 0.15) is 44.6 Å². The van der Waals surface area contributed by atoms with E-state index in [1.807, 2.05) is 13.8 Å². The van der Waals surface area contributed by atoms with Crippen molar-refractivity contribution in [2.24, 2.45) is 7.05 Å². The molecule has 0 aromatic carbocycles. The smallest absolute Gasteiger partial charge is 0.202 e. The summed E-state index contributed by atoms with van der Waals surface area (Å²) in [6, 6.07) is 0. The number of hydrogen-bond acceptors (Lipinski definition) is 3. The highest BCUT2D eigenvalue weighted by molar-refractivity contribution is 6.34. The number of aromatic nitrogens is 2. The number of rotatable bonds is 6. The van der Waals surface area contributed by atoms with E-state index in [0.29, 0.717) is 10.7 Å². The highest BCUT2D eigenvalue weighted by Gasteiger charge is 2.39. The van der Waals surface area contributed by atoms with Crippen LogP contribution in [0.4, 0.5) is 0 Å². The average Bonchev–Trinajstić information content (AvgIpc) is 2.69. The van der Waals surface area contributed by atoms with Crippen LogP contribution in [-0.4, -0.2) is 39.1 Å². The summed E-state index contributed by atoms with van der Waals surface area (Å²) in [6.07, 6.45) is 2.27. The van der Waals surface area contributed by atoms with Gasteiger partial charge in [0, 0.05) is 7.05 Å². The van der Waals surface area contributed by atoms with Gasteiger partial charge in [0.15, 0.2) is 0 Å². The number of halogens is 1. The van der Waals surface area contributed by atoms with E-state index in [9.17, 15) is 4.79 Å². The quantitative estimate of drug-likeness (QED) is 0.747. The van der Waals surface area contributed by atoms with Crippen molar-refractivity contribution in [1.29, 1.82) is 0 Å². The molecule has 1 aromatic rings. The number of Topliss-reactive ketones (excluding diaryl/α,β-unsaturated/α-hetero) is 1. The lowest BCUT2D eigenvalue weighted by atomic mass is 9.89. The van der Waals surface area contributed by atoms with Crippen molar-refractivity contribution in [2.75, 3.05) is 13.1 Å². The van der Waals surface area contributed by atoms with Gasteiger partial charge in [-0.15, -0.1) is 0 Å². The van der Waals surface area contributed by atoms with E-state index in [4.69, 9.17) is 11.6 Å². The predicted octanol–water partition coefficient (Wildman–Crippen LogP) is 2.77. The van der Waals surface area contributed by atoms with Crippen LogP contribution in [0.5, 0.6) is 0 Å². The van der Waals surface area contributed by atoms with Crippen molar-refractivity contribution < 1.29 is 4.79 Å². The molecular formula is C13H22ClN3O. The first-order valence-electron chi connectivity index (χ1n) is 6.39. The summed E-state index contributed by atoms with van der Waals surface area (Å²) in [5.41, 5.74) is -0.0334. The topological polar surface area (TPSA) is 38.1 Å². The minimum absolute atomic E-state index is 0.0405. The van der Waals surface area contributed by atoms with E-state index in [2.05, 4.69) is 23.8 Å². The third-order valence-corrected chi connectivity index (χ3v) is 4.02. The summed E-state index contributed by atoms with van der Waals surface area (Å²) in [7, 11) is 1.75. The second kappa shape index (κ2) is 5.85. The van der Waals surface area contributed by atoms with E-state index in [1.165, 1.54) is 6.20 Å². The lowest BCUT2D eigenvalue weighted by Gasteiger charge is -2.38. The molecule has 0 saturated carbocycles. The molecule has 0 bridgehead atoms. The van der Waals surface area contributed by atoms with E-state index in [0.717, 1.165) is 19.5 Å². The molecule has 1 aromatic heterocycles. The molecule has 1 unspecified atom stereocenters. The SMILES string of the molecule is CCN(CC)C(C)(CC)C(=O)c1c(Cl)cnn1C. The number of aryl methyl sites for hydroxylation is 1. The van der Waals surface area contributed by atoms with Crippen LogP contribution in [0, 0.1) is 0 Å². The second-order valence-electron chi connectivity index (χ2n) is 4.59. The largest absolute Gasteiger partial charge is 0.291 e. The van der Waals surface area contributed by atoms with Gasteiger partial charge in [-0.1, -0.05) is 32.4 Å². The minimum Gasteiger partial charge on any atom is -0.291 e. The molecule has 18 heavy (non-hydrogen) atoms. The first kappa shape index (κ1) is 15.2. The molecule has 0 fully saturated rings. The zero-order valence-corrected chi connectivity index (χ0v) is 12.6. The molecule has 1 heterocycles. The average molecular weight is 272 g/mol. The summed E-state index contributed by atoms with van der Waals surface area (Å²) in [6.45, 7) is 9.81. The van der Waals surface area contributed by atoms with Crippen molar-refractivity contribution >= 4 is 17.4 Å². The lowest BCUT2D eigenvalue weighted by molar-refractivity contribution is 0.0597. The first-order valence-corrected chi connectivity index (χ1v) is 6.77. The highest BCUT2D eigenvalue weighted by Crippen LogP contribution is 2.27. The maximum atomic E-state index is 12.8. The van der Waals surface area contributed by atoms with Crippen LogP contribution in [-0.2, 0) is 7.05 Å². The maximum Gasteiger partial charge on any atom is 0.202 e. The molecule has 0 aliphatic carbocycles. The molecule has 102 valence electrons. The number of nitrogens with zero attached hydrogens (tertiary/aromatic N) is 3. The molecule has 0 N–H and O–H groups in total. The van der Waals surface area contributed by atoms with E-state index >= 15 is 0 Å². The Morgan fingerprint density at radius 2 is 2.00 bits per heavy atom. The zero-order valence-electron chi connectivity index (χ0n) is 11.8. The van der Waals surface area contributed by atoms with Gasteiger partial charge in [-0.3, -0.25) is 14.4 Å². The van der Waals surface area contributed by atoms with Gasteiger partial charge in [-0.05, 0) is 26.4 Å². The summed E-state index contributed by atoms with van der Waals surface area (Å²) in [4.78, 5) is 14.9. The van der Waals surface area contributed by atoms with Crippen LogP contribution < -0.4 is 0 Å². The zero-order chi connectivity index (χ0) is 13.9. The lowest BCUT2D eigenvalue weighted by Crippen LogP contribution is -2.52. The van der Waals surface area contributed by atoms with Gasteiger partial charge in [-0.25, -0.2) is 0 Å². The number of carbonyl (C=O) groups is 1. The molecule has 0 aliphatic heterocycles. The molecule has 0 spiro atoms. The van der Waals surface area contributed by atoms with E-state index in [1.54, 1.807) is 11.7 Å². The fourth-order valence-corrected chi connectivity index (χ4v) is 2.62. The van der Waals surface area contributed by atoms with Crippen LogP contribution in [0.2, 0.25) is 5.02 Å². The molecule has 0 saturated heterocycles. The van der Waals surface area contributed by atoms with Crippen molar-refractivity contribution in [2.45, 2.75) is 39.7 Å². The number of ketones is 1. The Morgan fingerprint density at radius 3 is 2.33 bits per heavy atom. The number of hydrogen-bond donors (Lipinski definition) is 0. The van der Waals surface area contributed by atoms with Gasteiger partial charge in [0.1, 0.15) is 5.69 Å². The third-order valence-electron chi connectivity index (χ3n) is 3.75. The second-order valence-corrected chi connectivity index (χ2v) is 5.00. The monoisotopic (exact) mass is 271 g/mol. The maximum absolute atomic E-state index is 12.8. The van der Waals surface area contributed by atoms with Crippen LogP contribution in [0.3, 0.4) is 0 Å². The van der Waals surface area contributed by atoms with Crippen LogP contribution >= 0.6 is 11.6 Å². The Kier molecular flexibility index (Phi) is 4.93. The normalized spacial score (nSPS) is 14.8. The van der Waals surface area contributed by atoms with Crippen molar-refractivity contribution in [1.82, 2.24) is 14.7 Å².